The summed E-state index contributed by atoms with van der Waals surface area (Å²) in [4.78, 5) is 0. The number of halogens is 1. The van der Waals surface area contributed by atoms with Crippen molar-refractivity contribution in [2.75, 3.05) is 0 Å². The van der Waals surface area contributed by atoms with E-state index in [9.17, 15) is 0 Å². The number of benzene rings is 1. The van der Waals surface area contributed by atoms with Crippen LogP contribution >= 0.6 is 23.8 Å². The van der Waals surface area contributed by atoms with Crippen molar-refractivity contribution in [3.63, 3.8) is 0 Å². The SMILES string of the molecule is Cc1nn(C)c(C)c1/C=N\n1c(COc2ccc(Cl)cc2)n[nH]c1=S. The Kier molecular flexibility index (Phi) is 5.00. The molecule has 3 aromatic rings. The number of aryl methyl sites for hydroxylation is 2. The molecule has 0 aliphatic carbocycles. The van der Waals surface area contributed by atoms with E-state index in [1.54, 1.807) is 30.5 Å². The van der Waals surface area contributed by atoms with Gasteiger partial charge in [-0.05, 0) is 50.3 Å². The maximum Gasteiger partial charge on any atom is 0.216 e. The van der Waals surface area contributed by atoms with Gasteiger partial charge in [-0.2, -0.15) is 20.0 Å². The van der Waals surface area contributed by atoms with E-state index in [1.807, 2.05) is 25.6 Å². The fourth-order valence-electron chi connectivity index (χ4n) is 2.31. The van der Waals surface area contributed by atoms with Crippen molar-refractivity contribution in [1.29, 1.82) is 0 Å². The Morgan fingerprint density at radius 1 is 1.32 bits per heavy atom. The minimum atomic E-state index is 0.219. The molecule has 0 radical (unpaired) electrons. The van der Waals surface area contributed by atoms with Gasteiger partial charge in [0.25, 0.3) is 0 Å². The van der Waals surface area contributed by atoms with Crippen molar-refractivity contribution in [3.05, 3.63) is 56.8 Å². The highest BCUT2D eigenvalue weighted by Crippen LogP contribution is 2.16. The third kappa shape index (κ3) is 3.80. The third-order valence-electron chi connectivity index (χ3n) is 3.77. The van der Waals surface area contributed by atoms with E-state index >= 15 is 0 Å². The number of H-pyrrole nitrogens is 1. The first-order valence-corrected chi connectivity index (χ1v) is 8.33. The van der Waals surface area contributed by atoms with E-state index in [0.717, 1.165) is 17.0 Å². The number of hydrogen-bond acceptors (Lipinski definition) is 5. The van der Waals surface area contributed by atoms with Gasteiger partial charge in [0.05, 0.1) is 11.9 Å². The summed E-state index contributed by atoms with van der Waals surface area (Å²) in [6, 6.07) is 7.11. The molecular weight excluding hydrogens is 360 g/mol. The smallest absolute Gasteiger partial charge is 0.216 e. The predicted octanol–water partition coefficient (Wildman–Crippen LogP) is 3.41. The van der Waals surface area contributed by atoms with E-state index in [4.69, 9.17) is 28.6 Å². The summed E-state index contributed by atoms with van der Waals surface area (Å²) < 4.78 is 9.45. The highest BCUT2D eigenvalue weighted by molar-refractivity contribution is 7.71. The van der Waals surface area contributed by atoms with Gasteiger partial charge >= 0.3 is 0 Å². The second-order valence-electron chi connectivity index (χ2n) is 5.45. The Bertz CT molecular complexity index is 970. The molecule has 0 amide bonds. The summed E-state index contributed by atoms with van der Waals surface area (Å²) in [5, 5.41) is 16.4. The van der Waals surface area contributed by atoms with Crippen LogP contribution < -0.4 is 4.74 Å². The molecular formula is C16H17ClN6OS. The van der Waals surface area contributed by atoms with Gasteiger partial charge < -0.3 is 4.74 Å². The maximum atomic E-state index is 5.87. The van der Waals surface area contributed by atoms with Crippen molar-refractivity contribution >= 4 is 30.0 Å². The lowest BCUT2D eigenvalue weighted by Gasteiger charge is -2.05. The second kappa shape index (κ2) is 7.20. The van der Waals surface area contributed by atoms with Crippen LogP contribution in [0.4, 0.5) is 0 Å². The zero-order chi connectivity index (χ0) is 18.0. The minimum absolute atomic E-state index is 0.219. The number of hydrogen-bond donors (Lipinski definition) is 1. The second-order valence-corrected chi connectivity index (χ2v) is 6.28. The number of ether oxygens (including phenoxy) is 1. The monoisotopic (exact) mass is 376 g/mol. The molecule has 25 heavy (non-hydrogen) atoms. The first-order chi connectivity index (χ1) is 12.0. The van der Waals surface area contributed by atoms with Gasteiger partial charge in [-0.25, -0.2) is 5.10 Å². The summed E-state index contributed by atoms with van der Waals surface area (Å²) >= 11 is 11.1. The van der Waals surface area contributed by atoms with Crippen LogP contribution in [0.1, 0.15) is 22.8 Å². The first kappa shape index (κ1) is 17.4. The highest BCUT2D eigenvalue weighted by Gasteiger charge is 2.09. The molecule has 0 atom stereocenters. The molecule has 0 bridgehead atoms. The molecule has 0 saturated heterocycles. The lowest BCUT2D eigenvalue weighted by Crippen LogP contribution is -2.04. The average molecular weight is 377 g/mol. The van der Waals surface area contributed by atoms with Crippen LogP contribution in [0.2, 0.25) is 5.02 Å². The molecule has 0 unspecified atom stereocenters. The molecule has 0 fully saturated rings. The van der Waals surface area contributed by atoms with E-state index in [-0.39, 0.29) is 6.61 Å². The van der Waals surface area contributed by atoms with E-state index in [1.165, 1.54) is 4.68 Å². The van der Waals surface area contributed by atoms with Crippen LogP contribution in [-0.4, -0.2) is 30.9 Å². The molecule has 130 valence electrons. The molecule has 0 saturated carbocycles. The van der Waals surface area contributed by atoms with Crippen LogP contribution in [0.3, 0.4) is 0 Å². The number of nitrogens with one attached hydrogen (secondary N) is 1. The molecule has 9 heteroatoms. The Morgan fingerprint density at radius 2 is 2.04 bits per heavy atom. The Balaban J connectivity index is 1.80. The molecule has 2 heterocycles. The van der Waals surface area contributed by atoms with Crippen LogP contribution in [0.25, 0.3) is 0 Å². The topological polar surface area (TPSA) is 73.0 Å². The maximum absolute atomic E-state index is 5.87. The zero-order valence-electron chi connectivity index (χ0n) is 14.0. The summed E-state index contributed by atoms with van der Waals surface area (Å²) in [6.07, 6.45) is 1.73. The Hall–Kier alpha value is -2.45. The van der Waals surface area contributed by atoms with Crippen molar-refractivity contribution < 1.29 is 4.74 Å². The fraction of sp³-hybridized carbons (Fsp3) is 0.250. The molecule has 1 N–H and O–H groups in total. The van der Waals surface area contributed by atoms with Gasteiger partial charge in [0, 0.05) is 23.3 Å². The van der Waals surface area contributed by atoms with Crippen molar-refractivity contribution in [1.82, 2.24) is 24.7 Å². The molecule has 1 aromatic carbocycles. The van der Waals surface area contributed by atoms with Gasteiger partial charge in [-0.3, -0.25) is 4.68 Å². The van der Waals surface area contributed by atoms with Gasteiger partial charge in [0.2, 0.25) is 4.77 Å². The zero-order valence-corrected chi connectivity index (χ0v) is 15.6. The number of aromatic amines is 1. The highest BCUT2D eigenvalue weighted by atomic mass is 35.5. The van der Waals surface area contributed by atoms with Gasteiger partial charge in [0.1, 0.15) is 12.4 Å². The normalized spacial score (nSPS) is 11.4. The van der Waals surface area contributed by atoms with Gasteiger partial charge in [-0.15, -0.1) is 0 Å². The first-order valence-electron chi connectivity index (χ1n) is 7.55. The van der Waals surface area contributed by atoms with Crippen molar-refractivity contribution in [2.45, 2.75) is 20.5 Å². The summed E-state index contributed by atoms with van der Waals surface area (Å²) in [5.41, 5.74) is 2.88. The Labute approximate surface area is 154 Å². The van der Waals surface area contributed by atoms with Crippen LogP contribution in [0.15, 0.2) is 29.4 Å². The average Bonchev–Trinajstić information content (AvgIpc) is 3.05. The standard InChI is InChI=1S/C16H17ClN6OS/c1-10-14(11(2)22(3)21-10)8-18-23-15(19-20-16(23)25)9-24-13-6-4-12(17)5-7-13/h4-8H,9H2,1-3H3,(H,20,25)/b18-8-. The Morgan fingerprint density at radius 3 is 2.68 bits per heavy atom. The number of rotatable bonds is 5. The predicted molar refractivity (Wildman–Crippen MR) is 98.9 cm³/mol. The summed E-state index contributed by atoms with van der Waals surface area (Å²) in [5.74, 6) is 1.25. The molecule has 0 aliphatic rings. The van der Waals surface area contributed by atoms with E-state index < -0.39 is 0 Å². The third-order valence-corrected chi connectivity index (χ3v) is 4.28. The molecule has 3 rings (SSSR count). The molecule has 0 aliphatic heterocycles. The van der Waals surface area contributed by atoms with E-state index in [2.05, 4.69) is 20.4 Å². The molecule has 0 spiro atoms. The van der Waals surface area contributed by atoms with Crippen LogP contribution in [-0.2, 0) is 13.7 Å². The quantitative estimate of drug-likeness (QED) is 0.547. The van der Waals surface area contributed by atoms with Crippen LogP contribution in [0.5, 0.6) is 5.75 Å². The lowest BCUT2D eigenvalue weighted by atomic mass is 10.2. The van der Waals surface area contributed by atoms with Gasteiger partial charge in [-0.1, -0.05) is 11.6 Å². The number of nitrogens with zero attached hydrogens (tertiary/aromatic N) is 5. The molecule has 2 aromatic heterocycles. The summed E-state index contributed by atoms with van der Waals surface area (Å²) in [6.45, 7) is 4.14. The van der Waals surface area contributed by atoms with Gasteiger partial charge in [0.15, 0.2) is 5.82 Å². The largest absolute Gasteiger partial charge is 0.486 e. The van der Waals surface area contributed by atoms with E-state index in [0.29, 0.717) is 21.4 Å². The van der Waals surface area contributed by atoms with Crippen LogP contribution in [0, 0.1) is 18.6 Å². The number of aromatic nitrogens is 5. The summed E-state index contributed by atoms with van der Waals surface area (Å²) in [7, 11) is 1.90. The molecule has 7 nitrogen and oxygen atoms in total. The van der Waals surface area contributed by atoms with Crippen molar-refractivity contribution in [2.24, 2.45) is 12.1 Å². The minimum Gasteiger partial charge on any atom is -0.486 e. The van der Waals surface area contributed by atoms with Crippen molar-refractivity contribution in [3.8, 4) is 5.75 Å². The fourth-order valence-corrected chi connectivity index (χ4v) is 2.63. The lowest BCUT2D eigenvalue weighted by molar-refractivity contribution is 0.290.